The van der Waals surface area contributed by atoms with Crippen molar-refractivity contribution in [2.45, 2.75) is 6.54 Å². The zero-order chi connectivity index (χ0) is 13.1. The standard InChI is InChI=1S/C13H17ClN4/c1-17(2)11-7-5-4-6-10(11)15-9-13-16-8-12(14)18(13)3/h4-8,15H,9H2,1-3H3. The maximum atomic E-state index is 5.96. The molecule has 1 aromatic carbocycles. The third kappa shape index (κ3) is 2.59. The molecule has 2 aromatic rings. The number of benzene rings is 1. The molecule has 0 unspecified atom stereocenters. The first-order chi connectivity index (χ1) is 8.59. The van der Waals surface area contributed by atoms with Crippen molar-refractivity contribution in [1.82, 2.24) is 9.55 Å². The number of halogens is 1. The maximum Gasteiger partial charge on any atom is 0.128 e. The lowest BCUT2D eigenvalue weighted by Gasteiger charge is -2.18. The Morgan fingerprint density at radius 3 is 2.67 bits per heavy atom. The van der Waals surface area contributed by atoms with Crippen LogP contribution in [0.2, 0.25) is 5.15 Å². The van der Waals surface area contributed by atoms with Gasteiger partial charge in [0.15, 0.2) is 0 Å². The normalized spacial score (nSPS) is 10.4. The van der Waals surface area contributed by atoms with E-state index in [0.717, 1.165) is 17.2 Å². The van der Waals surface area contributed by atoms with Gasteiger partial charge in [0, 0.05) is 21.1 Å². The number of para-hydroxylation sites is 2. The van der Waals surface area contributed by atoms with Crippen LogP contribution in [0.5, 0.6) is 0 Å². The molecule has 96 valence electrons. The van der Waals surface area contributed by atoms with Gasteiger partial charge in [-0.15, -0.1) is 0 Å². The van der Waals surface area contributed by atoms with Crippen molar-refractivity contribution < 1.29 is 0 Å². The molecule has 0 saturated heterocycles. The van der Waals surface area contributed by atoms with E-state index in [0.29, 0.717) is 11.7 Å². The minimum atomic E-state index is 0.646. The minimum absolute atomic E-state index is 0.646. The molecule has 0 aliphatic rings. The van der Waals surface area contributed by atoms with E-state index in [2.05, 4.69) is 27.3 Å². The molecule has 0 radical (unpaired) electrons. The van der Waals surface area contributed by atoms with Crippen molar-refractivity contribution >= 4 is 23.0 Å². The summed E-state index contributed by atoms with van der Waals surface area (Å²) in [6.45, 7) is 0.647. The van der Waals surface area contributed by atoms with Crippen molar-refractivity contribution in [2.24, 2.45) is 7.05 Å². The molecule has 0 aliphatic carbocycles. The van der Waals surface area contributed by atoms with Gasteiger partial charge in [-0.1, -0.05) is 23.7 Å². The Bertz CT molecular complexity index is 534. The molecular formula is C13H17ClN4. The lowest BCUT2D eigenvalue weighted by Crippen LogP contribution is -2.13. The number of anilines is 2. The number of hydrogen-bond donors (Lipinski definition) is 1. The summed E-state index contributed by atoms with van der Waals surface area (Å²) >= 11 is 5.96. The van der Waals surface area contributed by atoms with Gasteiger partial charge in [0.1, 0.15) is 11.0 Å². The first-order valence-corrected chi connectivity index (χ1v) is 6.13. The SMILES string of the molecule is CN(C)c1ccccc1NCc1ncc(Cl)n1C. The van der Waals surface area contributed by atoms with Gasteiger partial charge in [-0.25, -0.2) is 4.98 Å². The number of nitrogens with zero attached hydrogens (tertiary/aromatic N) is 3. The highest BCUT2D eigenvalue weighted by molar-refractivity contribution is 6.29. The second kappa shape index (κ2) is 5.31. The molecule has 0 aliphatic heterocycles. The van der Waals surface area contributed by atoms with Gasteiger partial charge >= 0.3 is 0 Å². The van der Waals surface area contributed by atoms with Crippen LogP contribution < -0.4 is 10.2 Å². The van der Waals surface area contributed by atoms with E-state index in [4.69, 9.17) is 11.6 Å². The third-order valence-electron chi connectivity index (χ3n) is 2.85. The Hall–Kier alpha value is -1.68. The molecule has 5 heteroatoms. The van der Waals surface area contributed by atoms with Crippen LogP contribution in [-0.2, 0) is 13.6 Å². The highest BCUT2D eigenvalue weighted by Gasteiger charge is 2.06. The van der Waals surface area contributed by atoms with Gasteiger partial charge in [0.25, 0.3) is 0 Å². The maximum absolute atomic E-state index is 5.96. The molecule has 0 fully saturated rings. The van der Waals surface area contributed by atoms with E-state index in [1.807, 2.05) is 37.8 Å². The first kappa shape index (κ1) is 12.8. The molecule has 1 heterocycles. The summed E-state index contributed by atoms with van der Waals surface area (Å²) in [6, 6.07) is 8.17. The van der Waals surface area contributed by atoms with Crippen LogP contribution in [0, 0.1) is 0 Å². The van der Waals surface area contributed by atoms with Gasteiger partial charge < -0.3 is 14.8 Å². The fourth-order valence-corrected chi connectivity index (χ4v) is 1.92. The third-order valence-corrected chi connectivity index (χ3v) is 3.20. The number of nitrogens with one attached hydrogen (secondary N) is 1. The zero-order valence-corrected chi connectivity index (χ0v) is 11.6. The Balaban J connectivity index is 2.13. The van der Waals surface area contributed by atoms with Crippen LogP contribution in [0.1, 0.15) is 5.82 Å². The number of rotatable bonds is 4. The van der Waals surface area contributed by atoms with E-state index < -0.39 is 0 Å². The van der Waals surface area contributed by atoms with E-state index in [1.54, 1.807) is 6.20 Å². The fourth-order valence-electron chi connectivity index (χ4n) is 1.78. The highest BCUT2D eigenvalue weighted by Crippen LogP contribution is 2.24. The van der Waals surface area contributed by atoms with E-state index in [-0.39, 0.29) is 0 Å². The summed E-state index contributed by atoms with van der Waals surface area (Å²) in [6.07, 6.45) is 1.66. The van der Waals surface area contributed by atoms with Crippen molar-refractivity contribution in [3.8, 4) is 0 Å². The largest absolute Gasteiger partial charge is 0.376 e. The van der Waals surface area contributed by atoms with Gasteiger partial charge in [-0.2, -0.15) is 0 Å². The van der Waals surface area contributed by atoms with Crippen molar-refractivity contribution in [1.29, 1.82) is 0 Å². The topological polar surface area (TPSA) is 33.1 Å². The summed E-state index contributed by atoms with van der Waals surface area (Å²) < 4.78 is 1.87. The molecule has 1 N–H and O–H groups in total. The van der Waals surface area contributed by atoms with Gasteiger partial charge in [-0.3, -0.25) is 0 Å². The molecule has 2 rings (SSSR count). The first-order valence-electron chi connectivity index (χ1n) is 5.76. The second-order valence-electron chi connectivity index (χ2n) is 4.32. The van der Waals surface area contributed by atoms with Crippen LogP contribution >= 0.6 is 11.6 Å². The lowest BCUT2D eigenvalue weighted by molar-refractivity contribution is 0.813. The minimum Gasteiger partial charge on any atom is -0.376 e. The predicted molar refractivity (Wildman–Crippen MR) is 76.3 cm³/mol. The van der Waals surface area contributed by atoms with Crippen molar-refractivity contribution in [3.05, 3.63) is 41.4 Å². The Kier molecular flexibility index (Phi) is 3.77. The molecule has 0 saturated carbocycles. The molecular weight excluding hydrogens is 248 g/mol. The zero-order valence-electron chi connectivity index (χ0n) is 10.8. The monoisotopic (exact) mass is 264 g/mol. The van der Waals surface area contributed by atoms with Crippen LogP contribution in [0.3, 0.4) is 0 Å². The quantitative estimate of drug-likeness (QED) is 0.922. The Morgan fingerprint density at radius 2 is 2.06 bits per heavy atom. The molecule has 0 amide bonds. The van der Waals surface area contributed by atoms with Crippen LogP contribution in [0.4, 0.5) is 11.4 Å². The van der Waals surface area contributed by atoms with Gasteiger partial charge in [-0.05, 0) is 12.1 Å². The molecule has 0 atom stereocenters. The van der Waals surface area contributed by atoms with Crippen LogP contribution in [0.25, 0.3) is 0 Å². The van der Waals surface area contributed by atoms with Gasteiger partial charge in [0.2, 0.25) is 0 Å². The van der Waals surface area contributed by atoms with Gasteiger partial charge in [0.05, 0.1) is 24.1 Å². The summed E-state index contributed by atoms with van der Waals surface area (Å²) in [5.74, 6) is 0.911. The fraction of sp³-hybridized carbons (Fsp3) is 0.308. The lowest BCUT2D eigenvalue weighted by atomic mass is 10.2. The molecule has 0 spiro atoms. The summed E-state index contributed by atoms with van der Waals surface area (Å²) in [5.41, 5.74) is 2.24. The Labute approximate surface area is 112 Å². The number of aromatic nitrogens is 2. The average Bonchev–Trinajstić information content (AvgIpc) is 2.68. The smallest absolute Gasteiger partial charge is 0.128 e. The molecule has 0 bridgehead atoms. The van der Waals surface area contributed by atoms with Crippen molar-refractivity contribution in [3.63, 3.8) is 0 Å². The average molecular weight is 265 g/mol. The Morgan fingerprint density at radius 1 is 1.33 bits per heavy atom. The summed E-state index contributed by atoms with van der Waals surface area (Å²) in [7, 11) is 5.96. The molecule has 18 heavy (non-hydrogen) atoms. The second-order valence-corrected chi connectivity index (χ2v) is 4.71. The summed E-state index contributed by atoms with van der Waals surface area (Å²) in [5, 5.41) is 4.03. The highest BCUT2D eigenvalue weighted by atomic mass is 35.5. The van der Waals surface area contributed by atoms with Crippen LogP contribution in [0.15, 0.2) is 30.5 Å². The number of imidazole rings is 1. The summed E-state index contributed by atoms with van der Waals surface area (Å²) in [4.78, 5) is 6.34. The van der Waals surface area contributed by atoms with Crippen LogP contribution in [-0.4, -0.2) is 23.6 Å². The number of hydrogen-bond acceptors (Lipinski definition) is 3. The van der Waals surface area contributed by atoms with E-state index >= 15 is 0 Å². The predicted octanol–water partition coefficient (Wildman–Crippen LogP) is 2.75. The van der Waals surface area contributed by atoms with E-state index in [9.17, 15) is 0 Å². The molecule has 1 aromatic heterocycles. The molecule has 4 nitrogen and oxygen atoms in total. The van der Waals surface area contributed by atoms with Crippen molar-refractivity contribution in [2.75, 3.05) is 24.3 Å². The van der Waals surface area contributed by atoms with E-state index in [1.165, 1.54) is 0 Å².